The van der Waals surface area contributed by atoms with Crippen LogP contribution < -0.4 is 0 Å². The molecule has 0 radical (unpaired) electrons. The Morgan fingerprint density at radius 2 is 0.423 bits per heavy atom. The van der Waals surface area contributed by atoms with Crippen LogP contribution >= 0.6 is 0 Å². The third-order valence-electron chi connectivity index (χ3n) is 14.3. The van der Waals surface area contributed by atoms with Crippen molar-refractivity contribution in [3.63, 3.8) is 0 Å². The highest BCUT2D eigenvalue weighted by molar-refractivity contribution is 5.05. The number of nitrogens with zero attached hydrogens (tertiary/aromatic N) is 1. The SMILES string of the molecule is CCCCCCCCCCCCC(C)C(C)(C)N(C(C)(C)C(C)CCCCCCCCCCCC)C(C)(C)C(C)CCCCCCCCCCCC. The minimum Gasteiger partial charge on any atom is -0.287 e. The van der Waals surface area contributed by atoms with Crippen LogP contribution in [-0.2, 0) is 0 Å². The first-order valence-corrected chi connectivity index (χ1v) is 24.6. The number of hydrogen-bond acceptors (Lipinski definition) is 1. The van der Waals surface area contributed by atoms with Gasteiger partial charge in [-0.05, 0) is 78.6 Å². The Labute approximate surface area is 333 Å². The molecule has 0 aliphatic carbocycles. The van der Waals surface area contributed by atoms with Crippen LogP contribution in [-0.4, -0.2) is 21.5 Å². The van der Waals surface area contributed by atoms with Crippen molar-refractivity contribution in [3.8, 4) is 0 Å². The van der Waals surface area contributed by atoms with Crippen LogP contribution in [0.3, 0.4) is 0 Å². The van der Waals surface area contributed by atoms with Crippen molar-refractivity contribution in [3.05, 3.63) is 0 Å². The third kappa shape index (κ3) is 23.1. The van der Waals surface area contributed by atoms with Crippen molar-refractivity contribution in [1.82, 2.24) is 4.90 Å². The summed E-state index contributed by atoms with van der Waals surface area (Å²) in [5.74, 6) is 2.07. The maximum absolute atomic E-state index is 3.11. The van der Waals surface area contributed by atoms with Crippen molar-refractivity contribution >= 4 is 0 Å². The number of hydrogen-bond donors (Lipinski definition) is 0. The lowest BCUT2D eigenvalue weighted by molar-refractivity contribution is -0.129. The monoisotopic (exact) mass is 732 g/mol. The molecule has 0 saturated heterocycles. The minimum absolute atomic E-state index is 0.157. The summed E-state index contributed by atoms with van der Waals surface area (Å²) >= 11 is 0. The van der Waals surface area contributed by atoms with Crippen molar-refractivity contribution < 1.29 is 0 Å². The summed E-state index contributed by atoms with van der Waals surface area (Å²) in [4.78, 5) is 3.11. The van der Waals surface area contributed by atoms with Crippen LogP contribution in [0.1, 0.15) is 295 Å². The van der Waals surface area contributed by atoms with E-state index in [1.165, 1.54) is 212 Å². The van der Waals surface area contributed by atoms with Crippen LogP contribution in [0.15, 0.2) is 0 Å². The van der Waals surface area contributed by atoms with Crippen LogP contribution in [0.2, 0.25) is 0 Å². The first kappa shape index (κ1) is 52.0. The summed E-state index contributed by atoms with van der Waals surface area (Å²) in [6.45, 7) is 30.6. The second-order valence-corrected chi connectivity index (χ2v) is 19.9. The topological polar surface area (TPSA) is 3.24 Å². The maximum Gasteiger partial charge on any atom is 0.0189 e. The Bertz CT molecular complexity index is 648. The van der Waals surface area contributed by atoms with Gasteiger partial charge in [-0.15, -0.1) is 0 Å². The molecule has 52 heavy (non-hydrogen) atoms. The quantitative estimate of drug-likeness (QED) is 0.0569. The summed E-state index contributed by atoms with van der Waals surface area (Å²) in [7, 11) is 0. The van der Waals surface area contributed by atoms with Gasteiger partial charge in [0.05, 0.1) is 0 Å². The Kier molecular flexibility index (Phi) is 32.1. The normalized spacial score (nSPS) is 14.7. The van der Waals surface area contributed by atoms with E-state index in [1.807, 2.05) is 0 Å². The van der Waals surface area contributed by atoms with Gasteiger partial charge in [0.15, 0.2) is 0 Å². The molecule has 0 aromatic rings. The Balaban J connectivity index is 5.35. The van der Waals surface area contributed by atoms with Crippen molar-refractivity contribution in [2.24, 2.45) is 17.8 Å². The van der Waals surface area contributed by atoms with E-state index in [0.717, 1.165) is 0 Å². The first-order valence-electron chi connectivity index (χ1n) is 24.6. The molecular formula is C51H105N. The second kappa shape index (κ2) is 32.1. The summed E-state index contributed by atoms with van der Waals surface area (Å²) in [5.41, 5.74) is 0.471. The molecular weight excluding hydrogens is 627 g/mol. The van der Waals surface area contributed by atoms with E-state index in [0.29, 0.717) is 17.8 Å². The van der Waals surface area contributed by atoms with Crippen LogP contribution in [0.25, 0.3) is 0 Å². The number of unbranched alkanes of at least 4 members (excludes halogenated alkanes) is 27. The first-order chi connectivity index (χ1) is 24.8. The van der Waals surface area contributed by atoms with Gasteiger partial charge in [0.1, 0.15) is 0 Å². The standard InChI is InChI=1S/C51H105N/c1-13-16-19-22-25-28-31-34-37-40-43-46(4)49(7,8)52(50(9,10)47(5)44-41-38-35-32-29-26-23-20-17-14-2)51(11,12)48(6)45-42-39-36-33-30-27-24-21-18-15-3/h46-48H,13-45H2,1-12H3. The van der Waals surface area contributed by atoms with Crippen LogP contribution in [0.4, 0.5) is 0 Å². The molecule has 0 amide bonds. The van der Waals surface area contributed by atoms with Gasteiger partial charge < -0.3 is 0 Å². The Hall–Kier alpha value is -0.0400. The zero-order chi connectivity index (χ0) is 39.1. The molecule has 0 aromatic heterocycles. The van der Waals surface area contributed by atoms with Gasteiger partial charge in [-0.1, -0.05) is 234 Å². The molecule has 0 bridgehead atoms. The second-order valence-electron chi connectivity index (χ2n) is 19.9. The molecule has 0 spiro atoms. The fraction of sp³-hybridized carbons (Fsp3) is 1.00. The molecule has 0 rings (SSSR count). The van der Waals surface area contributed by atoms with Crippen LogP contribution in [0.5, 0.6) is 0 Å². The van der Waals surface area contributed by atoms with Gasteiger partial charge >= 0.3 is 0 Å². The lowest BCUT2D eigenvalue weighted by Gasteiger charge is -2.62. The molecule has 1 nitrogen and oxygen atoms in total. The van der Waals surface area contributed by atoms with Gasteiger partial charge in [-0.2, -0.15) is 0 Å². The average Bonchev–Trinajstić information content (AvgIpc) is 3.09. The molecule has 0 N–H and O–H groups in total. The molecule has 0 aliphatic rings. The van der Waals surface area contributed by atoms with E-state index < -0.39 is 0 Å². The highest BCUT2D eigenvalue weighted by Crippen LogP contribution is 2.47. The molecule has 314 valence electrons. The van der Waals surface area contributed by atoms with Crippen LogP contribution in [0, 0.1) is 17.8 Å². The summed E-state index contributed by atoms with van der Waals surface area (Å²) < 4.78 is 0. The summed E-state index contributed by atoms with van der Waals surface area (Å²) in [6.07, 6.45) is 47.0. The van der Waals surface area contributed by atoms with E-state index >= 15 is 0 Å². The van der Waals surface area contributed by atoms with Crippen molar-refractivity contribution in [1.29, 1.82) is 0 Å². The van der Waals surface area contributed by atoms with Crippen molar-refractivity contribution in [2.75, 3.05) is 0 Å². The summed E-state index contributed by atoms with van der Waals surface area (Å²) in [6, 6.07) is 0. The number of rotatable bonds is 39. The van der Waals surface area contributed by atoms with E-state index in [1.54, 1.807) is 0 Å². The van der Waals surface area contributed by atoms with Gasteiger partial charge in [0, 0.05) is 16.6 Å². The van der Waals surface area contributed by atoms with E-state index in [9.17, 15) is 0 Å². The Morgan fingerprint density at radius 3 is 0.596 bits per heavy atom. The molecule has 3 atom stereocenters. The van der Waals surface area contributed by atoms with Gasteiger partial charge in [-0.3, -0.25) is 4.90 Å². The average molecular weight is 732 g/mol. The maximum atomic E-state index is 3.11. The molecule has 0 aliphatic heterocycles. The largest absolute Gasteiger partial charge is 0.287 e. The fourth-order valence-electron chi connectivity index (χ4n) is 9.76. The molecule has 0 fully saturated rings. The molecule has 0 heterocycles. The lowest BCUT2D eigenvalue weighted by Crippen LogP contribution is -2.69. The molecule has 3 unspecified atom stereocenters. The zero-order valence-electron chi connectivity index (χ0n) is 39.0. The van der Waals surface area contributed by atoms with Gasteiger partial charge in [-0.25, -0.2) is 0 Å². The highest BCUT2D eigenvalue weighted by atomic mass is 15.3. The predicted molar refractivity (Wildman–Crippen MR) is 241 cm³/mol. The molecule has 0 saturated carbocycles. The van der Waals surface area contributed by atoms with E-state index in [4.69, 9.17) is 0 Å². The minimum atomic E-state index is 0.157. The summed E-state index contributed by atoms with van der Waals surface area (Å²) in [5, 5.41) is 0. The smallest absolute Gasteiger partial charge is 0.0189 e. The van der Waals surface area contributed by atoms with Gasteiger partial charge in [0.25, 0.3) is 0 Å². The molecule has 1 heteroatoms. The lowest BCUT2D eigenvalue weighted by atomic mass is 9.69. The Morgan fingerprint density at radius 1 is 0.269 bits per heavy atom. The van der Waals surface area contributed by atoms with Crippen molar-refractivity contribution in [2.45, 2.75) is 312 Å². The predicted octanol–water partition coefficient (Wildman–Crippen LogP) is 18.5. The molecule has 0 aromatic carbocycles. The zero-order valence-corrected chi connectivity index (χ0v) is 39.0. The fourth-order valence-corrected chi connectivity index (χ4v) is 9.76. The highest BCUT2D eigenvalue weighted by Gasteiger charge is 2.51. The van der Waals surface area contributed by atoms with E-state index in [-0.39, 0.29) is 16.6 Å². The van der Waals surface area contributed by atoms with Gasteiger partial charge in [0.2, 0.25) is 0 Å². The third-order valence-corrected chi connectivity index (χ3v) is 14.3. The van der Waals surface area contributed by atoms with E-state index in [2.05, 4.69) is 88.0 Å².